The molecule has 1 aromatic heterocycles. The molecule has 0 spiro atoms. The van der Waals surface area contributed by atoms with Gasteiger partial charge in [-0.3, -0.25) is 20.1 Å². The molecule has 0 saturated carbocycles. The van der Waals surface area contributed by atoms with E-state index in [9.17, 15) is 4.79 Å². The maximum absolute atomic E-state index is 11.3. The normalized spacial score (nSPS) is 17.7. The van der Waals surface area contributed by atoms with Crippen molar-refractivity contribution in [3.8, 4) is 0 Å². The molecule has 18 heavy (non-hydrogen) atoms. The van der Waals surface area contributed by atoms with Crippen LogP contribution in [0.3, 0.4) is 0 Å². The van der Waals surface area contributed by atoms with E-state index in [-0.39, 0.29) is 5.91 Å². The van der Waals surface area contributed by atoms with E-state index in [2.05, 4.69) is 15.3 Å². The van der Waals surface area contributed by atoms with Crippen LogP contribution in [0.4, 0.5) is 0 Å². The van der Waals surface area contributed by atoms with Gasteiger partial charge in [0.15, 0.2) is 0 Å². The Kier molecular flexibility index (Phi) is 4.24. The number of carbonyl (C=O) groups excluding carboxylic acids is 1. The Morgan fingerprint density at radius 2 is 2.17 bits per heavy atom. The number of hydrazine groups is 1. The van der Waals surface area contributed by atoms with Crippen molar-refractivity contribution in [2.24, 2.45) is 11.6 Å². The van der Waals surface area contributed by atoms with Crippen LogP contribution >= 0.6 is 0 Å². The Hall–Kier alpha value is -1.50. The number of likely N-dealkylation sites (tertiary alicyclic amines) is 1. The van der Waals surface area contributed by atoms with Crippen LogP contribution < -0.4 is 17.0 Å². The number of hydrogen-bond donors (Lipinski definition) is 3. The number of nitrogens with zero attached hydrogens (tertiary/aromatic N) is 2. The van der Waals surface area contributed by atoms with Gasteiger partial charge in [0, 0.05) is 31.9 Å². The third kappa shape index (κ3) is 3.25. The summed E-state index contributed by atoms with van der Waals surface area (Å²) in [4.78, 5) is 17.8. The summed E-state index contributed by atoms with van der Waals surface area (Å²) in [6.45, 7) is 2.82. The largest absolute Gasteiger partial charge is 0.328 e. The molecule has 0 aromatic carbocycles. The van der Waals surface area contributed by atoms with E-state index >= 15 is 0 Å². The Morgan fingerprint density at radius 3 is 2.72 bits per heavy atom. The van der Waals surface area contributed by atoms with Crippen LogP contribution in [0.1, 0.15) is 28.9 Å². The number of pyridine rings is 1. The summed E-state index contributed by atoms with van der Waals surface area (Å²) in [6, 6.07) is 3.93. The van der Waals surface area contributed by atoms with Crippen LogP contribution in [-0.4, -0.2) is 34.9 Å². The maximum Gasteiger partial charge on any atom is 0.266 e. The number of aromatic nitrogens is 1. The first-order valence-electron chi connectivity index (χ1n) is 6.13. The predicted octanol–water partition coefficient (Wildman–Crippen LogP) is -0.392. The van der Waals surface area contributed by atoms with Crippen molar-refractivity contribution in [2.45, 2.75) is 25.4 Å². The molecule has 6 heteroatoms. The van der Waals surface area contributed by atoms with E-state index < -0.39 is 0 Å². The number of hydrogen-bond acceptors (Lipinski definition) is 5. The van der Waals surface area contributed by atoms with Gasteiger partial charge in [-0.1, -0.05) is 0 Å². The van der Waals surface area contributed by atoms with Crippen molar-refractivity contribution in [3.63, 3.8) is 0 Å². The van der Waals surface area contributed by atoms with E-state index in [4.69, 9.17) is 11.6 Å². The van der Waals surface area contributed by atoms with Crippen molar-refractivity contribution in [3.05, 3.63) is 29.6 Å². The number of rotatable bonds is 3. The maximum atomic E-state index is 11.3. The fraction of sp³-hybridized carbons (Fsp3) is 0.500. The smallest absolute Gasteiger partial charge is 0.266 e. The Labute approximate surface area is 106 Å². The average Bonchev–Trinajstić information content (AvgIpc) is 2.41. The molecule has 0 radical (unpaired) electrons. The van der Waals surface area contributed by atoms with E-state index in [1.54, 1.807) is 12.3 Å². The first-order valence-corrected chi connectivity index (χ1v) is 6.13. The van der Waals surface area contributed by atoms with Gasteiger partial charge in [-0.15, -0.1) is 0 Å². The van der Waals surface area contributed by atoms with Gasteiger partial charge < -0.3 is 5.73 Å². The van der Waals surface area contributed by atoms with Gasteiger partial charge in [0.25, 0.3) is 5.91 Å². The van der Waals surface area contributed by atoms with Gasteiger partial charge in [0.05, 0.1) is 11.3 Å². The lowest BCUT2D eigenvalue weighted by molar-refractivity contribution is 0.0953. The minimum Gasteiger partial charge on any atom is -0.328 e. The molecule has 98 valence electrons. The fourth-order valence-electron chi connectivity index (χ4n) is 2.08. The lowest BCUT2D eigenvalue weighted by atomic mass is 10.1. The molecule has 1 aliphatic rings. The van der Waals surface area contributed by atoms with E-state index in [1.807, 2.05) is 6.07 Å². The summed E-state index contributed by atoms with van der Waals surface area (Å²) in [5, 5.41) is 0. The third-order valence-corrected chi connectivity index (χ3v) is 3.24. The first kappa shape index (κ1) is 12.9. The third-order valence-electron chi connectivity index (χ3n) is 3.24. The molecule has 1 amide bonds. The topological polar surface area (TPSA) is 97.3 Å². The number of nitrogen functional groups attached to an aromatic ring is 1. The second-order valence-electron chi connectivity index (χ2n) is 4.63. The highest BCUT2D eigenvalue weighted by Crippen LogP contribution is 2.11. The van der Waals surface area contributed by atoms with Crippen LogP contribution in [0, 0.1) is 0 Å². The summed E-state index contributed by atoms with van der Waals surface area (Å²) in [5.41, 5.74) is 9.38. The van der Waals surface area contributed by atoms with Gasteiger partial charge in [-0.2, -0.15) is 0 Å². The number of nitrogens with one attached hydrogen (secondary N) is 1. The van der Waals surface area contributed by atoms with Crippen molar-refractivity contribution < 1.29 is 4.79 Å². The highest BCUT2D eigenvalue weighted by atomic mass is 16.2. The summed E-state index contributed by atoms with van der Waals surface area (Å²) in [6.07, 6.45) is 3.62. The van der Waals surface area contributed by atoms with Gasteiger partial charge in [-0.25, -0.2) is 5.84 Å². The van der Waals surface area contributed by atoms with Crippen LogP contribution in [0.15, 0.2) is 18.3 Å². The van der Waals surface area contributed by atoms with E-state index in [0.717, 1.165) is 38.2 Å². The molecule has 2 heterocycles. The summed E-state index contributed by atoms with van der Waals surface area (Å²) < 4.78 is 0. The second kappa shape index (κ2) is 5.90. The van der Waals surface area contributed by atoms with Crippen LogP contribution in [0.2, 0.25) is 0 Å². The predicted molar refractivity (Wildman–Crippen MR) is 68.4 cm³/mol. The highest BCUT2D eigenvalue weighted by molar-refractivity contribution is 5.93. The molecule has 1 saturated heterocycles. The highest BCUT2D eigenvalue weighted by Gasteiger charge is 2.16. The Bertz CT molecular complexity index is 397. The number of piperidine rings is 1. The van der Waals surface area contributed by atoms with Crippen LogP contribution in [0.25, 0.3) is 0 Å². The Morgan fingerprint density at radius 1 is 1.44 bits per heavy atom. The quantitative estimate of drug-likeness (QED) is 0.385. The zero-order chi connectivity index (χ0) is 13.0. The van der Waals surface area contributed by atoms with Crippen molar-refractivity contribution in [1.82, 2.24) is 15.3 Å². The Balaban J connectivity index is 1.92. The average molecular weight is 249 g/mol. The van der Waals surface area contributed by atoms with Crippen LogP contribution in [-0.2, 0) is 6.54 Å². The van der Waals surface area contributed by atoms with Crippen molar-refractivity contribution in [2.75, 3.05) is 13.1 Å². The van der Waals surface area contributed by atoms with E-state index in [1.165, 1.54) is 0 Å². The molecule has 1 aliphatic heterocycles. The minimum absolute atomic E-state index is 0.321. The summed E-state index contributed by atoms with van der Waals surface area (Å²) in [5.74, 6) is 4.74. The molecule has 0 aliphatic carbocycles. The molecule has 0 unspecified atom stereocenters. The van der Waals surface area contributed by atoms with Gasteiger partial charge in [0.1, 0.15) is 0 Å². The van der Waals surface area contributed by atoms with E-state index in [0.29, 0.717) is 11.6 Å². The monoisotopic (exact) mass is 249 g/mol. The molecule has 1 fully saturated rings. The molecule has 2 rings (SSSR count). The molecule has 1 aromatic rings. The molecule has 6 nitrogen and oxygen atoms in total. The lowest BCUT2D eigenvalue weighted by Crippen LogP contribution is -2.39. The molecular formula is C12H19N5O. The van der Waals surface area contributed by atoms with Crippen LogP contribution in [0.5, 0.6) is 0 Å². The summed E-state index contributed by atoms with van der Waals surface area (Å²) >= 11 is 0. The zero-order valence-corrected chi connectivity index (χ0v) is 10.3. The van der Waals surface area contributed by atoms with Gasteiger partial charge in [0.2, 0.25) is 0 Å². The summed E-state index contributed by atoms with van der Waals surface area (Å²) in [7, 11) is 0. The minimum atomic E-state index is -0.321. The first-order chi connectivity index (χ1) is 8.69. The van der Waals surface area contributed by atoms with Crippen molar-refractivity contribution in [1.29, 1.82) is 0 Å². The number of nitrogens with two attached hydrogens (primary N) is 2. The number of carbonyl (C=O) groups is 1. The van der Waals surface area contributed by atoms with Crippen molar-refractivity contribution >= 4 is 5.91 Å². The molecular weight excluding hydrogens is 230 g/mol. The molecule has 0 atom stereocenters. The van der Waals surface area contributed by atoms with Gasteiger partial charge in [-0.05, 0) is 25.0 Å². The standard InChI is InChI=1S/C12H19N5O/c13-10-3-5-17(6-4-10)8-11-2-1-9(7-15-11)12(18)16-14/h1-2,7,10H,3-6,8,13-14H2,(H,16,18). The number of amides is 1. The SMILES string of the molecule is NNC(=O)c1ccc(CN2CCC(N)CC2)nc1. The van der Waals surface area contributed by atoms with Gasteiger partial charge >= 0.3 is 0 Å². The molecule has 5 N–H and O–H groups in total. The lowest BCUT2D eigenvalue weighted by Gasteiger charge is -2.29. The molecule has 0 bridgehead atoms. The fourth-order valence-corrected chi connectivity index (χ4v) is 2.08. The second-order valence-corrected chi connectivity index (χ2v) is 4.63. The zero-order valence-electron chi connectivity index (χ0n) is 10.3.